The van der Waals surface area contributed by atoms with Crippen molar-refractivity contribution in [3.05, 3.63) is 35.4 Å². The first kappa shape index (κ1) is 16.8. The fourth-order valence-electron chi connectivity index (χ4n) is 2.85. The lowest BCUT2D eigenvalue weighted by molar-refractivity contribution is -0.115. The van der Waals surface area contributed by atoms with Gasteiger partial charge in [-0.3, -0.25) is 4.79 Å². The zero-order chi connectivity index (χ0) is 16.6. The van der Waals surface area contributed by atoms with Crippen LogP contribution in [-0.4, -0.2) is 53.1 Å². The van der Waals surface area contributed by atoms with Crippen LogP contribution in [0.1, 0.15) is 11.1 Å². The van der Waals surface area contributed by atoms with E-state index < -0.39 is 15.7 Å². The van der Waals surface area contributed by atoms with E-state index in [0.29, 0.717) is 11.7 Å². The number of sulfone groups is 1. The molecule has 0 bridgehead atoms. The molecular weight excluding hydrogens is 356 g/mol. The van der Waals surface area contributed by atoms with Crippen molar-refractivity contribution in [2.24, 2.45) is 4.99 Å². The van der Waals surface area contributed by atoms with Gasteiger partial charge in [-0.25, -0.2) is 8.42 Å². The lowest BCUT2D eigenvalue weighted by Crippen LogP contribution is -2.37. The van der Waals surface area contributed by atoms with E-state index in [-0.39, 0.29) is 28.7 Å². The first-order valence-electron chi connectivity index (χ1n) is 7.25. The number of benzene rings is 1. The molecule has 2 atom stereocenters. The molecule has 0 aromatic heterocycles. The lowest BCUT2D eigenvalue weighted by atomic mass is 10.1. The quantitative estimate of drug-likeness (QED) is 0.757. The number of alkyl halides is 1. The number of amides is 1. The Hall–Kier alpha value is -1.05. The number of fused-ring (bicyclic) bond motifs is 1. The van der Waals surface area contributed by atoms with Crippen molar-refractivity contribution < 1.29 is 13.2 Å². The van der Waals surface area contributed by atoms with E-state index >= 15 is 0 Å². The molecule has 2 unspecified atom stereocenters. The van der Waals surface area contributed by atoms with Gasteiger partial charge in [0.1, 0.15) is 5.88 Å². The van der Waals surface area contributed by atoms with Crippen LogP contribution >= 0.6 is 23.4 Å². The van der Waals surface area contributed by atoms with Crippen molar-refractivity contribution in [2.75, 3.05) is 17.4 Å². The van der Waals surface area contributed by atoms with Crippen molar-refractivity contribution in [2.45, 2.75) is 24.8 Å². The van der Waals surface area contributed by atoms with Gasteiger partial charge in [0.2, 0.25) is 0 Å². The van der Waals surface area contributed by atoms with Gasteiger partial charge in [-0.2, -0.15) is 4.99 Å². The smallest absolute Gasteiger partial charge is 0.262 e. The maximum Gasteiger partial charge on any atom is 0.262 e. The second-order valence-electron chi connectivity index (χ2n) is 5.84. The Morgan fingerprint density at radius 2 is 2.04 bits per heavy atom. The monoisotopic (exact) mass is 372 g/mol. The molecule has 2 aliphatic heterocycles. The number of halogens is 1. The number of aliphatic imine (C=N–C) groups is 1. The fourth-order valence-corrected chi connectivity index (χ4v) is 6.88. The highest BCUT2D eigenvalue weighted by molar-refractivity contribution is 8.15. The third-order valence-electron chi connectivity index (χ3n) is 3.98. The molecule has 2 saturated heterocycles. The fraction of sp³-hybridized carbons (Fsp3) is 0.467. The SMILES string of the molecule is Cc1ccc(CN2C(=NC(=O)CCl)SC3CS(=O)(=O)CC32)cc1. The highest BCUT2D eigenvalue weighted by atomic mass is 35.5. The number of aryl methyl sites for hydroxylation is 1. The average molecular weight is 373 g/mol. The Bertz CT molecular complexity index is 746. The number of amidine groups is 1. The standard InChI is InChI=1S/C15H17ClN2O3S2/c1-10-2-4-11(5-3-10)7-18-12-8-23(20,21)9-13(12)22-15(18)17-14(19)6-16/h2-5,12-13H,6-9H2,1H3. The van der Waals surface area contributed by atoms with Crippen LogP contribution < -0.4 is 0 Å². The summed E-state index contributed by atoms with van der Waals surface area (Å²) in [6, 6.07) is 7.92. The summed E-state index contributed by atoms with van der Waals surface area (Å²) in [4.78, 5) is 17.6. The van der Waals surface area contributed by atoms with Crippen LogP contribution in [0, 0.1) is 6.92 Å². The summed E-state index contributed by atoms with van der Waals surface area (Å²) in [5.41, 5.74) is 2.23. The number of thioether (sulfide) groups is 1. The van der Waals surface area contributed by atoms with Gasteiger partial charge in [-0.15, -0.1) is 11.6 Å². The molecule has 5 nitrogen and oxygen atoms in total. The summed E-state index contributed by atoms with van der Waals surface area (Å²) in [5.74, 6) is -0.312. The summed E-state index contributed by atoms with van der Waals surface area (Å²) in [5, 5.41) is 0.522. The maximum atomic E-state index is 11.9. The highest BCUT2D eigenvalue weighted by Crippen LogP contribution is 2.39. The molecule has 0 radical (unpaired) electrons. The van der Waals surface area contributed by atoms with Gasteiger partial charge in [-0.1, -0.05) is 41.6 Å². The molecule has 23 heavy (non-hydrogen) atoms. The Balaban J connectivity index is 1.88. The zero-order valence-electron chi connectivity index (χ0n) is 12.6. The molecule has 124 valence electrons. The summed E-state index contributed by atoms with van der Waals surface area (Å²) < 4.78 is 23.8. The van der Waals surface area contributed by atoms with E-state index in [1.165, 1.54) is 11.8 Å². The van der Waals surface area contributed by atoms with Crippen molar-refractivity contribution in [1.82, 2.24) is 4.90 Å². The van der Waals surface area contributed by atoms with Crippen LogP contribution in [-0.2, 0) is 21.2 Å². The number of hydrogen-bond acceptors (Lipinski definition) is 4. The van der Waals surface area contributed by atoms with Crippen LogP contribution in [0.5, 0.6) is 0 Å². The average Bonchev–Trinajstić information content (AvgIpc) is 2.94. The maximum absolute atomic E-state index is 11.9. The molecule has 0 aliphatic carbocycles. The van der Waals surface area contributed by atoms with Crippen molar-refractivity contribution in [1.29, 1.82) is 0 Å². The topological polar surface area (TPSA) is 66.8 Å². The van der Waals surface area contributed by atoms with Crippen molar-refractivity contribution in [3.63, 3.8) is 0 Å². The molecule has 8 heteroatoms. The summed E-state index contributed by atoms with van der Waals surface area (Å²) in [6.07, 6.45) is 0. The minimum absolute atomic E-state index is 0.0627. The normalized spacial score (nSPS) is 27.4. The number of rotatable bonds is 3. The van der Waals surface area contributed by atoms with Crippen molar-refractivity contribution >= 4 is 44.3 Å². The summed E-state index contributed by atoms with van der Waals surface area (Å²) >= 11 is 6.92. The Labute approximate surface area is 145 Å². The molecule has 0 saturated carbocycles. The molecule has 1 aromatic carbocycles. The Morgan fingerprint density at radius 3 is 2.70 bits per heavy atom. The van der Waals surface area contributed by atoms with E-state index in [4.69, 9.17) is 11.6 Å². The minimum atomic E-state index is -3.02. The molecule has 0 spiro atoms. The highest BCUT2D eigenvalue weighted by Gasteiger charge is 2.48. The van der Waals surface area contributed by atoms with Gasteiger partial charge in [0.05, 0.1) is 17.5 Å². The molecule has 3 rings (SSSR count). The van der Waals surface area contributed by atoms with Crippen LogP contribution in [0.25, 0.3) is 0 Å². The third kappa shape index (κ3) is 3.72. The van der Waals surface area contributed by atoms with Gasteiger partial charge in [0, 0.05) is 11.8 Å². The molecule has 0 N–H and O–H groups in total. The van der Waals surface area contributed by atoms with Gasteiger partial charge in [0.15, 0.2) is 15.0 Å². The first-order valence-corrected chi connectivity index (χ1v) is 10.5. The predicted molar refractivity (Wildman–Crippen MR) is 93.7 cm³/mol. The molecule has 1 amide bonds. The van der Waals surface area contributed by atoms with E-state index in [1.54, 1.807) is 0 Å². The summed E-state index contributed by atoms with van der Waals surface area (Å²) in [7, 11) is -3.02. The van der Waals surface area contributed by atoms with Crippen LogP contribution in [0.4, 0.5) is 0 Å². The zero-order valence-corrected chi connectivity index (χ0v) is 15.0. The summed E-state index contributed by atoms with van der Waals surface area (Å²) in [6.45, 7) is 2.56. The van der Waals surface area contributed by atoms with Gasteiger partial charge < -0.3 is 4.90 Å². The van der Waals surface area contributed by atoms with Gasteiger partial charge in [-0.05, 0) is 12.5 Å². The predicted octanol–water partition coefficient (Wildman–Crippen LogP) is 1.83. The van der Waals surface area contributed by atoms with Gasteiger partial charge >= 0.3 is 0 Å². The second kappa shape index (κ2) is 6.45. The molecule has 2 fully saturated rings. The van der Waals surface area contributed by atoms with E-state index in [1.807, 2.05) is 36.1 Å². The Morgan fingerprint density at radius 1 is 1.35 bits per heavy atom. The van der Waals surface area contributed by atoms with E-state index in [9.17, 15) is 13.2 Å². The van der Waals surface area contributed by atoms with Crippen LogP contribution in [0.15, 0.2) is 29.3 Å². The third-order valence-corrected chi connectivity index (χ3v) is 7.46. The largest absolute Gasteiger partial charge is 0.342 e. The van der Waals surface area contributed by atoms with Gasteiger partial charge in [0.25, 0.3) is 5.91 Å². The number of carbonyl (C=O) groups is 1. The van der Waals surface area contributed by atoms with Crippen LogP contribution in [0.3, 0.4) is 0 Å². The second-order valence-corrected chi connectivity index (χ2v) is 9.46. The molecule has 2 heterocycles. The van der Waals surface area contributed by atoms with Crippen molar-refractivity contribution in [3.8, 4) is 0 Å². The molecule has 1 aromatic rings. The number of nitrogens with zero attached hydrogens (tertiary/aromatic N) is 2. The Kier molecular flexibility index (Phi) is 4.71. The van der Waals surface area contributed by atoms with E-state index in [0.717, 1.165) is 11.1 Å². The minimum Gasteiger partial charge on any atom is -0.342 e. The lowest BCUT2D eigenvalue weighted by Gasteiger charge is -2.24. The van der Waals surface area contributed by atoms with Crippen LogP contribution in [0.2, 0.25) is 0 Å². The first-order chi connectivity index (χ1) is 10.9. The molecule has 2 aliphatic rings. The molecular formula is C15H17ClN2O3S2. The number of carbonyl (C=O) groups excluding carboxylic acids is 1. The number of hydrogen-bond donors (Lipinski definition) is 0. The van der Waals surface area contributed by atoms with E-state index in [2.05, 4.69) is 4.99 Å².